The molecule has 5 nitrogen and oxygen atoms in total. The fraction of sp³-hybridized carbons (Fsp3) is 0.211. The summed E-state index contributed by atoms with van der Waals surface area (Å²) in [4.78, 5) is 20.4. The van der Waals surface area contributed by atoms with Crippen molar-refractivity contribution < 1.29 is 4.79 Å². The lowest BCUT2D eigenvalue weighted by Crippen LogP contribution is -2.44. The number of amides is 1. The Kier molecular flexibility index (Phi) is 5.16. The predicted octanol–water partition coefficient (Wildman–Crippen LogP) is 4.54. The van der Waals surface area contributed by atoms with Crippen molar-refractivity contribution in [2.24, 2.45) is 4.99 Å². The molecule has 1 aliphatic heterocycles. The standard InChI is InChI=1S/C19H18Cl2N4OS/c1-19(2)17(26)24(12-5-4-11(10-23-3)15(21)8-12)18(27)25(19)13-6-7-14(20)16(22)9-13/h4-10H,22H2,1-3H3. The van der Waals surface area contributed by atoms with E-state index in [4.69, 9.17) is 41.2 Å². The molecule has 0 saturated carbocycles. The summed E-state index contributed by atoms with van der Waals surface area (Å²) in [5.74, 6) is -0.158. The van der Waals surface area contributed by atoms with E-state index in [1.807, 2.05) is 13.8 Å². The molecule has 8 heteroatoms. The third-order valence-corrected chi connectivity index (χ3v) is 5.45. The van der Waals surface area contributed by atoms with Gasteiger partial charge in [-0.25, -0.2) is 0 Å². The molecule has 2 aromatic carbocycles. The molecule has 1 amide bonds. The number of aliphatic imine (C=N–C) groups is 1. The summed E-state index contributed by atoms with van der Waals surface area (Å²) >= 11 is 18.0. The summed E-state index contributed by atoms with van der Waals surface area (Å²) < 4.78 is 0. The number of nitrogen functional groups attached to an aromatic ring is 1. The Balaban J connectivity index is 2.06. The lowest BCUT2D eigenvalue weighted by molar-refractivity contribution is -0.120. The van der Waals surface area contributed by atoms with Crippen molar-refractivity contribution in [3.8, 4) is 0 Å². The SMILES string of the molecule is CN=Cc1ccc(N2C(=O)C(C)(C)N(c3ccc(Cl)c(N)c3)C2=S)cc1Cl. The molecule has 3 rings (SSSR count). The van der Waals surface area contributed by atoms with Crippen LogP contribution in [-0.4, -0.2) is 29.8 Å². The van der Waals surface area contributed by atoms with E-state index >= 15 is 0 Å². The van der Waals surface area contributed by atoms with Crippen LogP contribution in [-0.2, 0) is 4.79 Å². The first-order valence-electron chi connectivity index (χ1n) is 8.14. The number of nitrogens with zero attached hydrogens (tertiary/aromatic N) is 3. The number of anilines is 3. The molecule has 0 aliphatic carbocycles. The molecule has 0 aromatic heterocycles. The van der Waals surface area contributed by atoms with Gasteiger partial charge in [-0.2, -0.15) is 0 Å². The normalized spacial score (nSPS) is 16.6. The van der Waals surface area contributed by atoms with E-state index in [0.717, 1.165) is 5.56 Å². The zero-order valence-corrected chi connectivity index (χ0v) is 17.4. The number of nitrogens with two attached hydrogens (primary N) is 1. The van der Waals surface area contributed by atoms with E-state index in [0.29, 0.717) is 32.2 Å². The minimum atomic E-state index is -0.895. The van der Waals surface area contributed by atoms with Crippen LogP contribution in [0.15, 0.2) is 41.4 Å². The van der Waals surface area contributed by atoms with Crippen LogP contribution in [0.25, 0.3) is 0 Å². The Hall–Kier alpha value is -2.15. The van der Waals surface area contributed by atoms with Crippen molar-refractivity contribution in [2.75, 3.05) is 22.6 Å². The minimum Gasteiger partial charge on any atom is -0.397 e. The largest absolute Gasteiger partial charge is 0.397 e. The average Bonchev–Trinajstić information content (AvgIpc) is 2.78. The summed E-state index contributed by atoms with van der Waals surface area (Å²) in [6.07, 6.45) is 1.66. The second-order valence-electron chi connectivity index (χ2n) is 6.62. The third-order valence-electron chi connectivity index (χ3n) is 4.42. The quantitative estimate of drug-likeness (QED) is 0.449. The zero-order chi connectivity index (χ0) is 19.9. The van der Waals surface area contributed by atoms with Gasteiger partial charge in [-0.1, -0.05) is 23.2 Å². The molecular formula is C19H18Cl2N4OS. The maximum Gasteiger partial charge on any atom is 0.259 e. The highest BCUT2D eigenvalue weighted by atomic mass is 35.5. The molecule has 140 valence electrons. The number of hydrogen-bond donors (Lipinski definition) is 1. The van der Waals surface area contributed by atoms with Crippen LogP contribution in [0.3, 0.4) is 0 Å². The number of carbonyl (C=O) groups excluding carboxylic acids is 1. The van der Waals surface area contributed by atoms with Crippen LogP contribution in [0.2, 0.25) is 10.0 Å². The van der Waals surface area contributed by atoms with E-state index in [-0.39, 0.29) is 5.91 Å². The molecule has 2 N–H and O–H groups in total. The van der Waals surface area contributed by atoms with Gasteiger partial charge in [0.1, 0.15) is 5.54 Å². The number of carbonyl (C=O) groups is 1. The van der Waals surface area contributed by atoms with Gasteiger partial charge in [0, 0.05) is 24.5 Å². The summed E-state index contributed by atoms with van der Waals surface area (Å²) in [6.45, 7) is 3.62. The van der Waals surface area contributed by atoms with Crippen LogP contribution in [0.4, 0.5) is 17.1 Å². The molecule has 0 atom stereocenters. The molecule has 0 bridgehead atoms. The molecule has 1 saturated heterocycles. The van der Waals surface area contributed by atoms with Crippen molar-refractivity contribution in [3.63, 3.8) is 0 Å². The topological polar surface area (TPSA) is 61.9 Å². The first-order chi connectivity index (χ1) is 12.7. The van der Waals surface area contributed by atoms with Gasteiger partial charge in [0.15, 0.2) is 5.11 Å². The summed E-state index contributed by atoms with van der Waals surface area (Å²) in [5, 5.41) is 1.28. The molecule has 2 aromatic rings. The van der Waals surface area contributed by atoms with Gasteiger partial charge in [-0.3, -0.25) is 14.7 Å². The molecule has 0 spiro atoms. The first kappa shape index (κ1) is 19.6. The lowest BCUT2D eigenvalue weighted by Gasteiger charge is -2.29. The van der Waals surface area contributed by atoms with Crippen LogP contribution >= 0.6 is 35.4 Å². The fourth-order valence-electron chi connectivity index (χ4n) is 3.03. The van der Waals surface area contributed by atoms with Gasteiger partial charge in [0.05, 0.1) is 21.4 Å². The zero-order valence-electron chi connectivity index (χ0n) is 15.0. The highest BCUT2D eigenvalue weighted by Crippen LogP contribution is 2.38. The number of thiocarbonyl (C=S) groups is 1. The molecule has 0 unspecified atom stereocenters. The molecule has 1 heterocycles. The van der Waals surface area contributed by atoms with Crippen molar-refractivity contribution >= 4 is 69.7 Å². The fourth-order valence-corrected chi connectivity index (χ4v) is 3.89. The van der Waals surface area contributed by atoms with Gasteiger partial charge in [-0.15, -0.1) is 0 Å². The van der Waals surface area contributed by atoms with Gasteiger partial charge in [0.2, 0.25) is 0 Å². The van der Waals surface area contributed by atoms with Crippen LogP contribution in [0.5, 0.6) is 0 Å². The van der Waals surface area contributed by atoms with Crippen molar-refractivity contribution in [3.05, 3.63) is 52.0 Å². The average molecular weight is 421 g/mol. The van der Waals surface area contributed by atoms with E-state index in [9.17, 15) is 4.79 Å². The van der Waals surface area contributed by atoms with E-state index < -0.39 is 5.54 Å². The van der Waals surface area contributed by atoms with E-state index in [1.165, 1.54) is 4.90 Å². The second-order valence-corrected chi connectivity index (χ2v) is 7.80. The van der Waals surface area contributed by atoms with E-state index in [2.05, 4.69) is 4.99 Å². The monoisotopic (exact) mass is 420 g/mol. The Morgan fingerprint density at radius 2 is 1.78 bits per heavy atom. The summed E-state index contributed by atoms with van der Waals surface area (Å²) in [7, 11) is 1.67. The summed E-state index contributed by atoms with van der Waals surface area (Å²) in [6, 6.07) is 10.5. The molecule has 1 fully saturated rings. The number of rotatable bonds is 3. The third kappa shape index (κ3) is 3.29. The van der Waals surface area contributed by atoms with Crippen LogP contribution < -0.4 is 15.5 Å². The Morgan fingerprint density at radius 1 is 1.11 bits per heavy atom. The van der Waals surface area contributed by atoms with Crippen LogP contribution in [0.1, 0.15) is 19.4 Å². The highest BCUT2D eigenvalue weighted by Gasteiger charge is 2.50. The number of halogens is 2. The highest BCUT2D eigenvalue weighted by molar-refractivity contribution is 7.81. The molecular weight excluding hydrogens is 403 g/mol. The van der Waals surface area contributed by atoms with E-state index in [1.54, 1.807) is 54.6 Å². The Labute approximate surface area is 173 Å². The van der Waals surface area contributed by atoms with Gasteiger partial charge >= 0.3 is 0 Å². The predicted molar refractivity (Wildman–Crippen MR) is 117 cm³/mol. The van der Waals surface area contributed by atoms with Gasteiger partial charge in [0.25, 0.3) is 5.91 Å². The smallest absolute Gasteiger partial charge is 0.259 e. The number of benzene rings is 2. The maximum atomic E-state index is 13.2. The molecule has 0 radical (unpaired) electrons. The van der Waals surface area contributed by atoms with Crippen LogP contribution in [0, 0.1) is 0 Å². The van der Waals surface area contributed by atoms with Crippen molar-refractivity contribution in [1.29, 1.82) is 0 Å². The molecule has 1 aliphatic rings. The summed E-state index contributed by atoms with van der Waals surface area (Å²) in [5.41, 5.74) is 7.52. The second kappa shape index (κ2) is 7.11. The first-order valence-corrected chi connectivity index (χ1v) is 9.30. The van der Waals surface area contributed by atoms with Gasteiger partial charge in [-0.05, 0) is 62.5 Å². The lowest BCUT2D eigenvalue weighted by atomic mass is 10.0. The Morgan fingerprint density at radius 3 is 2.37 bits per heavy atom. The van der Waals surface area contributed by atoms with Crippen molar-refractivity contribution in [2.45, 2.75) is 19.4 Å². The maximum absolute atomic E-state index is 13.2. The van der Waals surface area contributed by atoms with Gasteiger partial charge < -0.3 is 10.6 Å². The molecule has 27 heavy (non-hydrogen) atoms. The van der Waals surface area contributed by atoms with Crippen molar-refractivity contribution in [1.82, 2.24) is 0 Å². The Bertz CT molecular complexity index is 974. The minimum absolute atomic E-state index is 0.158. The number of hydrogen-bond acceptors (Lipinski definition) is 4.